The molecule has 2 aliphatic rings. The number of nitrogens with zero attached hydrogens (tertiary/aromatic N) is 1. The Hall–Kier alpha value is -1.88. The van der Waals surface area contributed by atoms with Gasteiger partial charge in [-0.15, -0.1) is 0 Å². The van der Waals surface area contributed by atoms with E-state index >= 15 is 0 Å². The summed E-state index contributed by atoms with van der Waals surface area (Å²) in [6, 6.07) is 5.46. The molecule has 1 amide bonds. The Morgan fingerprint density at radius 3 is 3.00 bits per heavy atom. The topological polar surface area (TPSA) is 81.2 Å². The molecule has 5 heteroatoms. The van der Waals surface area contributed by atoms with E-state index in [2.05, 4.69) is 10.3 Å². The number of rotatable bonds is 2. The number of aromatic nitrogens is 1. The monoisotopic (exact) mass is 271 g/mol. The predicted octanol–water partition coefficient (Wildman–Crippen LogP) is 2.13. The van der Waals surface area contributed by atoms with E-state index in [4.69, 9.17) is 10.2 Å². The van der Waals surface area contributed by atoms with Crippen LogP contribution in [0.4, 0.5) is 0 Å². The van der Waals surface area contributed by atoms with Crippen molar-refractivity contribution in [3.8, 4) is 0 Å². The van der Waals surface area contributed by atoms with Gasteiger partial charge in [-0.05, 0) is 49.8 Å². The summed E-state index contributed by atoms with van der Waals surface area (Å²) < 4.78 is 5.85. The number of carbonyl (C=O) groups excluding carboxylic acids is 1. The van der Waals surface area contributed by atoms with E-state index in [1.54, 1.807) is 12.1 Å². The molecule has 0 bridgehead atoms. The van der Waals surface area contributed by atoms with Crippen LogP contribution >= 0.6 is 0 Å². The summed E-state index contributed by atoms with van der Waals surface area (Å²) in [5.41, 5.74) is 7.51. The zero-order valence-electron chi connectivity index (χ0n) is 11.2. The fourth-order valence-corrected chi connectivity index (χ4v) is 3.23. The van der Waals surface area contributed by atoms with Crippen molar-refractivity contribution in [2.45, 2.75) is 31.7 Å². The lowest BCUT2D eigenvalue weighted by molar-refractivity contribution is 0.100. The molecule has 2 heterocycles. The summed E-state index contributed by atoms with van der Waals surface area (Å²) in [5, 5.41) is 3.47. The molecule has 2 fully saturated rings. The molecule has 1 saturated heterocycles. The molecule has 1 aromatic heterocycles. The van der Waals surface area contributed by atoms with E-state index < -0.39 is 5.91 Å². The Morgan fingerprint density at radius 2 is 2.25 bits per heavy atom. The van der Waals surface area contributed by atoms with Gasteiger partial charge in [0.1, 0.15) is 5.52 Å². The quantitative estimate of drug-likeness (QED) is 0.876. The van der Waals surface area contributed by atoms with Gasteiger partial charge in [0.05, 0.1) is 11.6 Å². The summed E-state index contributed by atoms with van der Waals surface area (Å²) in [6.45, 7) is 1.01. The maximum absolute atomic E-state index is 11.4. The maximum atomic E-state index is 11.4. The Labute approximate surface area is 116 Å². The van der Waals surface area contributed by atoms with Crippen molar-refractivity contribution in [2.24, 2.45) is 11.1 Å². The SMILES string of the molecule is NC(=O)c1cccc2nc(C3CC4(CCN3)CC4)oc12. The highest BCUT2D eigenvalue weighted by Crippen LogP contribution is 2.56. The highest BCUT2D eigenvalue weighted by molar-refractivity contribution is 6.03. The van der Waals surface area contributed by atoms with Gasteiger partial charge < -0.3 is 15.5 Å². The van der Waals surface area contributed by atoms with Crippen LogP contribution < -0.4 is 11.1 Å². The lowest BCUT2D eigenvalue weighted by Crippen LogP contribution is -2.32. The van der Waals surface area contributed by atoms with Gasteiger partial charge in [-0.2, -0.15) is 0 Å². The first-order chi connectivity index (χ1) is 9.67. The molecular weight excluding hydrogens is 254 g/mol. The van der Waals surface area contributed by atoms with E-state index in [0.717, 1.165) is 13.0 Å². The van der Waals surface area contributed by atoms with Crippen LogP contribution in [0.25, 0.3) is 11.1 Å². The molecule has 1 aromatic carbocycles. The third-order valence-corrected chi connectivity index (χ3v) is 4.64. The van der Waals surface area contributed by atoms with Gasteiger partial charge in [-0.1, -0.05) is 6.07 Å². The standard InChI is InChI=1S/C15H17N3O2/c16-13(19)9-2-1-3-10-12(9)20-14(18-10)11-8-15(4-5-15)6-7-17-11/h1-3,11,17H,4-8H2,(H2,16,19). The van der Waals surface area contributed by atoms with Crippen LogP contribution in [0.1, 0.15) is 48.0 Å². The number of hydrogen-bond donors (Lipinski definition) is 2. The van der Waals surface area contributed by atoms with E-state index in [-0.39, 0.29) is 6.04 Å². The highest BCUT2D eigenvalue weighted by atomic mass is 16.4. The Bertz CT molecular complexity index is 687. The summed E-state index contributed by atoms with van der Waals surface area (Å²) in [6.07, 6.45) is 4.96. The number of primary amides is 1. The zero-order valence-corrected chi connectivity index (χ0v) is 11.2. The summed E-state index contributed by atoms with van der Waals surface area (Å²) >= 11 is 0. The number of oxazole rings is 1. The number of para-hydroxylation sites is 1. The number of amides is 1. The molecule has 1 atom stereocenters. The molecule has 5 nitrogen and oxygen atoms in total. The highest BCUT2D eigenvalue weighted by Gasteiger charge is 2.47. The van der Waals surface area contributed by atoms with Crippen molar-refractivity contribution in [3.05, 3.63) is 29.7 Å². The minimum atomic E-state index is -0.478. The van der Waals surface area contributed by atoms with Crippen LogP contribution in [0.2, 0.25) is 0 Å². The average molecular weight is 271 g/mol. The summed E-state index contributed by atoms with van der Waals surface area (Å²) in [4.78, 5) is 16.0. The molecule has 104 valence electrons. The fourth-order valence-electron chi connectivity index (χ4n) is 3.23. The molecule has 1 aliphatic carbocycles. The fraction of sp³-hybridized carbons (Fsp3) is 0.467. The zero-order chi connectivity index (χ0) is 13.7. The second kappa shape index (κ2) is 4.06. The van der Waals surface area contributed by atoms with Gasteiger partial charge in [0.25, 0.3) is 5.91 Å². The van der Waals surface area contributed by atoms with Crippen molar-refractivity contribution in [2.75, 3.05) is 6.54 Å². The van der Waals surface area contributed by atoms with Crippen molar-refractivity contribution in [1.29, 1.82) is 0 Å². The van der Waals surface area contributed by atoms with Crippen LogP contribution in [-0.2, 0) is 0 Å². The number of nitrogens with one attached hydrogen (secondary N) is 1. The van der Waals surface area contributed by atoms with Gasteiger partial charge in [-0.3, -0.25) is 4.79 Å². The van der Waals surface area contributed by atoms with E-state index in [1.165, 1.54) is 19.3 Å². The minimum Gasteiger partial charge on any atom is -0.438 e. The Balaban J connectivity index is 1.73. The van der Waals surface area contributed by atoms with Crippen molar-refractivity contribution in [1.82, 2.24) is 10.3 Å². The largest absolute Gasteiger partial charge is 0.438 e. The molecule has 1 spiro atoms. The van der Waals surface area contributed by atoms with E-state index in [9.17, 15) is 4.79 Å². The molecule has 3 N–H and O–H groups in total. The molecule has 1 unspecified atom stereocenters. The Kier molecular flexibility index (Phi) is 2.41. The normalized spacial score (nSPS) is 24.1. The van der Waals surface area contributed by atoms with Crippen LogP contribution in [0.15, 0.2) is 22.6 Å². The molecule has 0 radical (unpaired) electrons. The minimum absolute atomic E-state index is 0.152. The third kappa shape index (κ3) is 1.81. The molecule has 1 aliphatic heterocycles. The number of benzene rings is 1. The number of piperidine rings is 1. The summed E-state index contributed by atoms with van der Waals surface area (Å²) in [5.74, 6) is 0.202. The number of fused-ring (bicyclic) bond motifs is 1. The second-order valence-electron chi connectivity index (χ2n) is 6.03. The van der Waals surface area contributed by atoms with Crippen LogP contribution in [0.3, 0.4) is 0 Å². The van der Waals surface area contributed by atoms with Gasteiger partial charge in [0.2, 0.25) is 5.89 Å². The number of carbonyl (C=O) groups is 1. The van der Waals surface area contributed by atoms with E-state index in [0.29, 0.717) is 28.0 Å². The lowest BCUT2D eigenvalue weighted by atomic mass is 9.89. The first-order valence-corrected chi connectivity index (χ1v) is 7.10. The van der Waals surface area contributed by atoms with Crippen LogP contribution in [0.5, 0.6) is 0 Å². The predicted molar refractivity (Wildman–Crippen MR) is 74.2 cm³/mol. The lowest BCUT2D eigenvalue weighted by Gasteiger charge is -2.28. The van der Waals surface area contributed by atoms with Crippen LogP contribution in [0, 0.1) is 5.41 Å². The number of hydrogen-bond acceptors (Lipinski definition) is 4. The Morgan fingerprint density at radius 1 is 1.40 bits per heavy atom. The van der Waals surface area contributed by atoms with Crippen molar-refractivity contribution < 1.29 is 9.21 Å². The summed E-state index contributed by atoms with van der Waals surface area (Å²) in [7, 11) is 0. The van der Waals surface area contributed by atoms with Crippen LogP contribution in [-0.4, -0.2) is 17.4 Å². The molecule has 20 heavy (non-hydrogen) atoms. The van der Waals surface area contributed by atoms with Gasteiger partial charge in [0.15, 0.2) is 5.58 Å². The second-order valence-corrected chi connectivity index (χ2v) is 6.03. The molecule has 2 aromatic rings. The van der Waals surface area contributed by atoms with Gasteiger partial charge in [-0.25, -0.2) is 4.98 Å². The third-order valence-electron chi connectivity index (χ3n) is 4.64. The van der Waals surface area contributed by atoms with Gasteiger partial charge >= 0.3 is 0 Å². The average Bonchev–Trinajstić information content (AvgIpc) is 3.04. The van der Waals surface area contributed by atoms with Crippen molar-refractivity contribution >= 4 is 17.0 Å². The number of nitrogens with two attached hydrogens (primary N) is 1. The molecule has 4 rings (SSSR count). The first kappa shape index (κ1) is 11.9. The van der Waals surface area contributed by atoms with Gasteiger partial charge in [0, 0.05) is 0 Å². The van der Waals surface area contributed by atoms with E-state index in [1.807, 2.05) is 6.07 Å². The smallest absolute Gasteiger partial charge is 0.252 e. The van der Waals surface area contributed by atoms with Crippen molar-refractivity contribution in [3.63, 3.8) is 0 Å². The molecule has 1 saturated carbocycles. The maximum Gasteiger partial charge on any atom is 0.252 e. The first-order valence-electron chi connectivity index (χ1n) is 7.10. The molecular formula is C15H17N3O2.